The summed E-state index contributed by atoms with van der Waals surface area (Å²) in [5, 5.41) is 3.61. The third-order valence-corrected chi connectivity index (χ3v) is 4.88. The van der Waals surface area contributed by atoms with Crippen molar-refractivity contribution in [3.05, 3.63) is 46.6 Å². The minimum absolute atomic E-state index is 0.171. The van der Waals surface area contributed by atoms with Gasteiger partial charge in [0, 0.05) is 15.8 Å². The van der Waals surface area contributed by atoms with Crippen molar-refractivity contribution in [3.8, 4) is 10.4 Å². The molecule has 2 rings (SSSR count). The van der Waals surface area contributed by atoms with E-state index >= 15 is 0 Å². The first kappa shape index (κ1) is 16.2. The normalized spacial score (nSPS) is 12.9. The number of hydrogen-bond acceptors (Lipinski definition) is 2. The van der Waals surface area contributed by atoms with E-state index in [1.165, 1.54) is 10.9 Å². The van der Waals surface area contributed by atoms with Crippen LogP contribution in [0.15, 0.2) is 30.3 Å². The fourth-order valence-corrected chi connectivity index (χ4v) is 3.83. The van der Waals surface area contributed by atoms with Crippen molar-refractivity contribution >= 4 is 11.3 Å². The Kier molecular flexibility index (Phi) is 5.54. The molecule has 21 heavy (non-hydrogen) atoms. The quantitative estimate of drug-likeness (QED) is 0.736. The number of nitrogens with one attached hydrogen (secondary N) is 1. The molecule has 0 bridgehead atoms. The molecule has 1 heterocycles. The maximum absolute atomic E-state index is 13.5. The van der Waals surface area contributed by atoms with Gasteiger partial charge in [0.05, 0.1) is 0 Å². The molecule has 0 amide bonds. The van der Waals surface area contributed by atoms with Gasteiger partial charge in [0.2, 0.25) is 0 Å². The zero-order chi connectivity index (χ0) is 15.4. The average molecular weight is 305 g/mol. The molecule has 0 fully saturated rings. The van der Waals surface area contributed by atoms with Crippen LogP contribution in [0.1, 0.15) is 43.7 Å². The molecule has 0 saturated heterocycles. The van der Waals surface area contributed by atoms with E-state index in [1.807, 2.05) is 13.0 Å². The maximum Gasteiger partial charge on any atom is 0.123 e. The number of aryl methyl sites for hydroxylation is 1. The van der Waals surface area contributed by atoms with Crippen molar-refractivity contribution in [1.29, 1.82) is 0 Å². The molecule has 1 nitrogen and oxygen atoms in total. The van der Waals surface area contributed by atoms with Crippen molar-refractivity contribution in [2.24, 2.45) is 5.92 Å². The van der Waals surface area contributed by atoms with Crippen LogP contribution in [0.4, 0.5) is 4.39 Å². The summed E-state index contributed by atoms with van der Waals surface area (Å²) in [7, 11) is 0. The first-order valence-corrected chi connectivity index (χ1v) is 8.44. The second-order valence-electron chi connectivity index (χ2n) is 5.84. The molecule has 1 unspecified atom stereocenters. The molecule has 3 heteroatoms. The molecule has 1 N–H and O–H groups in total. The van der Waals surface area contributed by atoms with Gasteiger partial charge in [-0.25, -0.2) is 4.39 Å². The summed E-state index contributed by atoms with van der Waals surface area (Å²) in [6, 6.07) is 9.67. The van der Waals surface area contributed by atoms with Crippen LogP contribution in [0, 0.1) is 18.7 Å². The van der Waals surface area contributed by atoms with Gasteiger partial charge in [0.15, 0.2) is 0 Å². The molecule has 0 saturated carbocycles. The Hall–Kier alpha value is -1.19. The largest absolute Gasteiger partial charge is 0.309 e. The fraction of sp³-hybridized carbons (Fsp3) is 0.444. The number of hydrogen-bond donors (Lipinski definition) is 1. The Bertz CT molecular complexity index is 589. The lowest BCUT2D eigenvalue weighted by Gasteiger charge is -2.21. The number of benzene rings is 1. The molecule has 1 atom stereocenters. The average Bonchev–Trinajstić information content (AvgIpc) is 2.91. The monoisotopic (exact) mass is 305 g/mol. The molecule has 0 spiro atoms. The van der Waals surface area contributed by atoms with Crippen molar-refractivity contribution in [3.63, 3.8) is 0 Å². The summed E-state index contributed by atoms with van der Waals surface area (Å²) >= 11 is 1.77. The number of thiophene rings is 1. The topological polar surface area (TPSA) is 12.0 Å². The molecule has 2 aromatic rings. The van der Waals surface area contributed by atoms with Crippen LogP contribution in [0.25, 0.3) is 10.4 Å². The van der Waals surface area contributed by atoms with E-state index in [-0.39, 0.29) is 5.82 Å². The van der Waals surface area contributed by atoms with E-state index in [1.54, 1.807) is 17.4 Å². The standard InChI is InChI=1S/C18H24FNS/c1-5-10-20-18(12(2)3)17-9-8-16(21-17)15-11-14(19)7-6-13(15)4/h6-9,11-12,18,20H,5,10H2,1-4H3. The Morgan fingerprint density at radius 3 is 2.62 bits per heavy atom. The smallest absolute Gasteiger partial charge is 0.123 e. The predicted molar refractivity (Wildman–Crippen MR) is 90.3 cm³/mol. The van der Waals surface area contributed by atoms with E-state index in [9.17, 15) is 4.39 Å². The zero-order valence-electron chi connectivity index (χ0n) is 13.2. The lowest BCUT2D eigenvalue weighted by atomic mass is 10.0. The number of halogens is 1. The van der Waals surface area contributed by atoms with Gasteiger partial charge in [0.1, 0.15) is 5.82 Å². The Labute approximate surface area is 131 Å². The van der Waals surface area contributed by atoms with Gasteiger partial charge in [-0.3, -0.25) is 0 Å². The molecule has 0 radical (unpaired) electrons. The summed E-state index contributed by atoms with van der Waals surface area (Å²) in [5.74, 6) is 0.367. The zero-order valence-corrected chi connectivity index (χ0v) is 14.1. The van der Waals surface area contributed by atoms with Gasteiger partial charge in [-0.15, -0.1) is 11.3 Å². The molecular formula is C18H24FNS. The SMILES string of the molecule is CCCNC(c1ccc(-c2cc(F)ccc2C)s1)C(C)C. The van der Waals surface area contributed by atoms with Crippen molar-refractivity contribution in [2.75, 3.05) is 6.54 Å². The lowest BCUT2D eigenvalue weighted by Crippen LogP contribution is -2.25. The van der Waals surface area contributed by atoms with Crippen molar-refractivity contribution in [2.45, 2.75) is 40.2 Å². The fourth-order valence-electron chi connectivity index (χ4n) is 2.49. The highest BCUT2D eigenvalue weighted by atomic mass is 32.1. The molecule has 1 aromatic heterocycles. The van der Waals surface area contributed by atoms with Gasteiger partial charge < -0.3 is 5.32 Å². The highest BCUT2D eigenvalue weighted by molar-refractivity contribution is 7.15. The highest BCUT2D eigenvalue weighted by Crippen LogP contribution is 2.35. The van der Waals surface area contributed by atoms with E-state index in [2.05, 4.69) is 38.2 Å². The number of rotatable bonds is 6. The van der Waals surface area contributed by atoms with Gasteiger partial charge in [-0.05, 0) is 61.2 Å². The minimum Gasteiger partial charge on any atom is -0.309 e. The molecule has 1 aromatic carbocycles. The van der Waals surface area contributed by atoms with E-state index < -0.39 is 0 Å². The predicted octanol–water partition coefficient (Wildman–Crippen LogP) is 5.56. The summed E-state index contributed by atoms with van der Waals surface area (Å²) in [6.07, 6.45) is 1.13. The van der Waals surface area contributed by atoms with Gasteiger partial charge in [-0.2, -0.15) is 0 Å². The van der Waals surface area contributed by atoms with Crippen LogP contribution in [0.2, 0.25) is 0 Å². The second-order valence-corrected chi connectivity index (χ2v) is 6.95. The van der Waals surface area contributed by atoms with E-state index in [0.29, 0.717) is 12.0 Å². The first-order chi connectivity index (χ1) is 10.0. The first-order valence-electron chi connectivity index (χ1n) is 7.62. The summed E-state index contributed by atoms with van der Waals surface area (Å²) in [6.45, 7) is 9.71. The van der Waals surface area contributed by atoms with Crippen LogP contribution in [-0.2, 0) is 0 Å². The van der Waals surface area contributed by atoms with Crippen LogP contribution >= 0.6 is 11.3 Å². The van der Waals surface area contributed by atoms with Crippen LogP contribution in [0.3, 0.4) is 0 Å². The van der Waals surface area contributed by atoms with Crippen molar-refractivity contribution in [1.82, 2.24) is 5.32 Å². The Morgan fingerprint density at radius 1 is 1.19 bits per heavy atom. The van der Waals surface area contributed by atoms with Crippen LogP contribution < -0.4 is 5.32 Å². The highest BCUT2D eigenvalue weighted by Gasteiger charge is 2.17. The second kappa shape index (κ2) is 7.19. The van der Waals surface area contributed by atoms with Crippen molar-refractivity contribution < 1.29 is 4.39 Å². The molecule has 114 valence electrons. The Morgan fingerprint density at radius 2 is 1.95 bits per heavy atom. The van der Waals surface area contributed by atoms with E-state index in [4.69, 9.17) is 0 Å². The van der Waals surface area contributed by atoms with E-state index in [0.717, 1.165) is 29.0 Å². The summed E-state index contributed by atoms with van der Waals surface area (Å²) in [5.41, 5.74) is 2.12. The van der Waals surface area contributed by atoms with Crippen LogP contribution in [0.5, 0.6) is 0 Å². The van der Waals surface area contributed by atoms with Gasteiger partial charge >= 0.3 is 0 Å². The third kappa shape index (κ3) is 3.92. The molecule has 0 aliphatic carbocycles. The molecule has 0 aliphatic heterocycles. The molecular weight excluding hydrogens is 281 g/mol. The summed E-state index contributed by atoms with van der Waals surface area (Å²) in [4.78, 5) is 2.48. The minimum atomic E-state index is -0.171. The molecule has 0 aliphatic rings. The van der Waals surface area contributed by atoms with Gasteiger partial charge in [-0.1, -0.05) is 26.8 Å². The summed E-state index contributed by atoms with van der Waals surface area (Å²) < 4.78 is 13.5. The van der Waals surface area contributed by atoms with Crippen LogP contribution in [-0.4, -0.2) is 6.54 Å². The Balaban J connectivity index is 2.29. The van der Waals surface area contributed by atoms with Gasteiger partial charge in [0.25, 0.3) is 0 Å². The lowest BCUT2D eigenvalue weighted by molar-refractivity contribution is 0.418. The third-order valence-electron chi connectivity index (χ3n) is 3.68. The maximum atomic E-state index is 13.5.